The maximum absolute atomic E-state index is 13.6. The van der Waals surface area contributed by atoms with E-state index in [9.17, 15) is 13.9 Å². The fourth-order valence-corrected chi connectivity index (χ4v) is 2.09. The summed E-state index contributed by atoms with van der Waals surface area (Å²) in [5, 5.41) is 9.90. The van der Waals surface area contributed by atoms with E-state index in [4.69, 9.17) is 5.73 Å². The average Bonchev–Trinajstić information content (AvgIpc) is 2.32. The minimum Gasteiger partial charge on any atom is -0.391 e. The molecule has 0 aromatic heterocycles. The number of halogens is 2. The third-order valence-electron chi connectivity index (χ3n) is 3.22. The number of rotatable bonds is 6. The summed E-state index contributed by atoms with van der Waals surface area (Å²) >= 11 is 0. The Morgan fingerprint density at radius 1 is 1.33 bits per heavy atom. The van der Waals surface area contributed by atoms with Gasteiger partial charge in [0.1, 0.15) is 0 Å². The van der Waals surface area contributed by atoms with Gasteiger partial charge < -0.3 is 10.8 Å². The molecule has 0 aliphatic rings. The molecule has 1 aromatic rings. The SMILES string of the molecule is CCCC(N)C(O)CC(C)c1cccc(F)c1F. The molecule has 2 nitrogen and oxygen atoms in total. The molecule has 0 fully saturated rings. The molecule has 0 aliphatic carbocycles. The summed E-state index contributed by atoms with van der Waals surface area (Å²) in [6.07, 6.45) is 1.25. The summed E-state index contributed by atoms with van der Waals surface area (Å²) in [7, 11) is 0. The monoisotopic (exact) mass is 257 g/mol. The molecule has 1 rings (SSSR count). The predicted octanol–water partition coefficient (Wildman–Crippen LogP) is 2.95. The minimum absolute atomic E-state index is 0.265. The molecule has 18 heavy (non-hydrogen) atoms. The van der Waals surface area contributed by atoms with Crippen molar-refractivity contribution >= 4 is 0 Å². The Morgan fingerprint density at radius 2 is 2.00 bits per heavy atom. The topological polar surface area (TPSA) is 46.2 Å². The van der Waals surface area contributed by atoms with Gasteiger partial charge in [-0.05, 0) is 30.4 Å². The van der Waals surface area contributed by atoms with E-state index in [0.717, 1.165) is 18.9 Å². The molecule has 3 atom stereocenters. The normalized spacial score (nSPS) is 16.3. The van der Waals surface area contributed by atoms with Crippen LogP contribution in [-0.4, -0.2) is 17.3 Å². The second-order valence-electron chi connectivity index (χ2n) is 4.80. The van der Waals surface area contributed by atoms with Gasteiger partial charge in [0.05, 0.1) is 6.10 Å². The van der Waals surface area contributed by atoms with Crippen LogP contribution in [-0.2, 0) is 0 Å². The zero-order valence-corrected chi connectivity index (χ0v) is 10.9. The van der Waals surface area contributed by atoms with Crippen molar-refractivity contribution in [1.82, 2.24) is 0 Å². The molecular formula is C14H21F2NO. The molecule has 0 aliphatic heterocycles. The van der Waals surface area contributed by atoms with Crippen molar-refractivity contribution in [3.63, 3.8) is 0 Å². The number of aliphatic hydroxyl groups excluding tert-OH is 1. The van der Waals surface area contributed by atoms with E-state index in [2.05, 4.69) is 0 Å². The Hall–Kier alpha value is -1.00. The van der Waals surface area contributed by atoms with Gasteiger partial charge in [-0.1, -0.05) is 32.4 Å². The number of nitrogens with two attached hydrogens (primary N) is 1. The molecule has 1 aromatic carbocycles. The van der Waals surface area contributed by atoms with Crippen LogP contribution < -0.4 is 5.73 Å². The Kier molecular flexibility index (Phi) is 5.69. The Morgan fingerprint density at radius 3 is 2.61 bits per heavy atom. The Balaban J connectivity index is 2.70. The number of aliphatic hydroxyl groups is 1. The van der Waals surface area contributed by atoms with E-state index in [1.54, 1.807) is 13.0 Å². The highest BCUT2D eigenvalue weighted by atomic mass is 19.2. The van der Waals surface area contributed by atoms with E-state index in [-0.39, 0.29) is 17.5 Å². The quantitative estimate of drug-likeness (QED) is 0.823. The zero-order chi connectivity index (χ0) is 13.7. The van der Waals surface area contributed by atoms with Gasteiger partial charge in [0.2, 0.25) is 0 Å². The molecule has 0 saturated carbocycles. The van der Waals surface area contributed by atoms with Crippen LogP contribution in [0.3, 0.4) is 0 Å². The Bertz CT molecular complexity index is 384. The van der Waals surface area contributed by atoms with Gasteiger partial charge >= 0.3 is 0 Å². The van der Waals surface area contributed by atoms with Crippen molar-refractivity contribution in [2.24, 2.45) is 5.73 Å². The minimum atomic E-state index is -0.855. The third-order valence-corrected chi connectivity index (χ3v) is 3.22. The highest BCUT2D eigenvalue weighted by Gasteiger charge is 2.21. The van der Waals surface area contributed by atoms with Crippen molar-refractivity contribution in [3.05, 3.63) is 35.4 Å². The van der Waals surface area contributed by atoms with Crippen LogP contribution in [0.2, 0.25) is 0 Å². The summed E-state index contributed by atoms with van der Waals surface area (Å²) < 4.78 is 26.7. The molecule has 0 spiro atoms. The zero-order valence-electron chi connectivity index (χ0n) is 10.9. The second kappa shape index (κ2) is 6.81. The summed E-state index contributed by atoms with van der Waals surface area (Å²) in [5.41, 5.74) is 6.09. The maximum Gasteiger partial charge on any atom is 0.162 e. The smallest absolute Gasteiger partial charge is 0.162 e. The van der Waals surface area contributed by atoms with Gasteiger partial charge in [-0.2, -0.15) is 0 Å². The lowest BCUT2D eigenvalue weighted by molar-refractivity contribution is 0.123. The maximum atomic E-state index is 13.6. The first-order valence-corrected chi connectivity index (χ1v) is 6.34. The first kappa shape index (κ1) is 15.1. The van der Waals surface area contributed by atoms with Gasteiger partial charge in [0, 0.05) is 6.04 Å². The molecule has 102 valence electrons. The van der Waals surface area contributed by atoms with E-state index in [1.807, 2.05) is 6.92 Å². The predicted molar refractivity (Wildman–Crippen MR) is 68.3 cm³/mol. The van der Waals surface area contributed by atoms with Crippen molar-refractivity contribution in [2.45, 2.75) is 51.2 Å². The van der Waals surface area contributed by atoms with Crippen LogP contribution >= 0.6 is 0 Å². The summed E-state index contributed by atoms with van der Waals surface area (Å²) in [6.45, 7) is 3.75. The van der Waals surface area contributed by atoms with Crippen LogP contribution in [0.25, 0.3) is 0 Å². The van der Waals surface area contributed by atoms with E-state index < -0.39 is 17.7 Å². The van der Waals surface area contributed by atoms with Crippen LogP contribution in [0.15, 0.2) is 18.2 Å². The van der Waals surface area contributed by atoms with Crippen LogP contribution in [0.4, 0.5) is 8.78 Å². The lowest BCUT2D eigenvalue weighted by Gasteiger charge is -2.22. The number of benzene rings is 1. The third kappa shape index (κ3) is 3.75. The van der Waals surface area contributed by atoms with Crippen LogP contribution in [0.1, 0.15) is 44.6 Å². The van der Waals surface area contributed by atoms with Crippen molar-refractivity contribution in [2.75, 3.05) is 0 Å². The van der Waals surface area contributed by atoms with Crippen LogP contribution in [0.5, 0.6) is 0 Å². The molecular weight excluding hydrogens is 236 g/mol. The van der Waals surface area contributed by atoms with Gasteiger partial charge in [0.25, 0.3) is 0 Å². The van der Waals surface area contributed by atoms with Crippen LogP contribution in [0, 0.1) is 11.6 Å². The fourth-order valence-electron chi connectivity index (χ4n) is 2.09. The molecule has 0 heterocycles. The molecule has 0 bridgehead atoms. The molecule has 0 saturated heterocycles. The molecule has 3 unspecified atom stereocenters. The molecule has 4 heteroatoms. The first-order chi connectivity index (χ1) is 8.47. The van der Waals surface area contributed by atoms with Gasteiger partial charge in [-0.25, -0.2) is 8.78 Å². The fraction of sp³-hybridized carbons (Fsp3) is 0.571. The standard InChI is InChI=1S/C14H21F2NO/c1-3-5-12(17)13(18)8-9(2)10-6-4-7-11(15)14(10)16/h4,6-7,9,12-13,18H,3,5,8,17H2,1-2H3. The summed E-state index contributed by atoms with van der Waals surface area (Å²) in [4.78, 5) is 0. The van der Waals surface area contributed by atoms with Crippen molar-refractivity contribution in [1.29, 1.82) is 0 Å². The van der Waals surface area contributed by atoms with Crippen molar-refractivity contribution < 1.29 is 13.9 Å². The number of hydrogen-bond donors (Lipinski definition) is 2. The van der Waals surface area contributed by atoms with E-state index in [0.29, 0.717) is 6.42 Å². The lowest BCUT2D eigenvalue weighted by atomic mass is 9.91. The number of hydrogen-bond acceptors (Lipinski definition) is 2. The van der Waals surface area contributed by atoms with Crippen molar-refractivity contribution in [3.8, 4) is 0 Å². The highest BCUT2D eigenvalue weighted by molar-refractivity contribution is 5.22. The van der Waals surface area contributed by atoms with E-state index >= 15 is 0 Å². The Labute approximate surface area is 107 Å². The first-order valence-electron chi connectivity index (χ1n) is 6.34. The van der Waals surface area contributed by atoms with Gasteiger partial charge in [-0.3, -0.25) is 0 Å². The van der Waals surface area contributed by atoms with Gasteiger partial charge in [0.15, 0.2) is 11.6 Å². The average molecular weight is 257 g/mol. The molecule has 0 radical (unpaired) electrons. The largest absolute Gasteiger partial charge is 0.391 e. The second-order valence-corrected chi connectivity index (χ2v) is 4.80. The van der Waals surface area contributed by atoms with E-state index in [1.165, 1.54) is 6.07 Å². The molecule has 0 amide bonds. The summed E-state index contributed by atoms with van der Waals surface area (Å²) in [5.74, 6) is -1.95. The molecule has 3 N–H and O–H groups in total. The lowest BCUT2D eigenvalue weighted by Crippen LogP contribution is -2.35. The highest BCUT2D eigenvalue weighted by Crippen LogP contribution is 2.25. The van der Waals surface area contributed by atoms with Gasteiger partial charge in [-0.15, -0.1) is 0 Å². The summed E-state index contributed by atoms with van der Waals surface area (Å²) in [6, 6.07) is 3.79.